The van der Waals surface area contributed by atoms with Gasteiger partial charge in [0.25, 0.3) is 0 Å². The lowest BCUT2D eigenvalue weighted by Crippen LogP contribution is -1.69. The summed E-state index contributed by atoms with van der Waals surface area (Å²) in [7, 11) is 0. The van der Waals surface area contributed by atoms with Crippen LogP contribution in [0.3, 0.4) is 0 Å². The Kier molecular flexibility index (Phi) is 2.82. The molecule has 56 valence electrons. The second-order valence-corrected chi connectivity index (χ2v) is 3.18. The number of hydrogen-bond acceptors (Lipinski definition) is 3. The molecule has 1 rings (SSSR count). The van der Waals surface area contributed by atoms with E-state index in [9.17, 15) is 4.79 Å². The van der Waals surface area contributed by atoms with Crippen LogP contribution in [0.2, 0.25) is 0 Å². The van der Waals surface area contributed by atoms with Crippen molar-refractivity contribution in [1.29, 1.82) is 0 Å². The molecule has 0 fully saturated rings. The van der Waals surface area contributed by atoms with Gasteiger partial charge in [0.2, 0.25) is 0 Å². The Morgan fingerprint density at radius 3 is 3.18 bits per heavy atom. The highest BCUT2D eigenvalue weighted by molar-refractivity contribution is 7.12. The molecule has 1 heterocycles. The molecular formula is C8H7NOS. The minimum absolute atomic E-state index is 0.290. The van der Waals surface area contributed by atoms with E-state index < -0.39 is 0 Å². The highest BCUT2D eigenvalue weighted by Crippen LogP contribution is 2.08. The number of hydrogen-bond donors (Lipinski definition) is 0. The van der Waals surface area contributed by atoms with Crippen LogP contribution in [-0.2, 0) is 4.79 Å². The Balaban J connectivity index is 2.65. The standard InChI is InChI=1S/C8H7NOS/c1-7-6-9-8(11-7)4-2-3-5-10/h5-6H,3H2,1H3. The predicted octanol–water partition coefficient (Wildman–Crippen LogP) is 1.39. The van der Waals surface area contributed by atoms with Crippen molar-refractivity contribution in [1.82, 2.24) is 4.98 Å². The SMILES string of the molecule is Cc1cnc(C#CCC=O)s1. The van der Waals surface area contributed by atoms with Gasteiger partial charge in [-0.1, -0.05) is 5.92 Å². The smallest absolute Gasteiger partial charge is 0.167 e. The number of carbonyl (C=O) groups is 1. The van der Waals surface area contributed by atoms with Crippen molar-refractivity contribution in [2.24, 2.45) is 0 Å². The van der Waals surface area contributed by atoms with Crippen LogP contribution < -0.4 is 0 Å². The molecule has 0 aliphatic rings. The number of thiazole rings is 1. The first-order valence-corrected chi connectivity index (χ1v) is 3.99. The lowest BCUT2D eigenvalue weighted by Gasteiger charge is -1.72. The minimum Gasteiger partial charge on any atom is -0.302 e. The van der Waals surface area contributed by atoms with Gasteiger partial charge < -0.3 is 4.79 Å². The number of nitrogens with zero attached hydrogens (tertiary/aromatic N) is 1. The van der Waals surface area contributed by atoms with Gasteiger partial charge >= 0.3 is 0 Å². The minimum atomic E-state index is 0.290. The molecule has 0 unspecified atom stereocenters. The van der Waals surface area contributed by atoms with Crippen molar-refractivity contribution < 1.29 is 4.79 Å². The maximum Gasteiger partial charge on any atom is 0.167 e. The van der Waals surface area contributed by atoms with Crippen LogP contribution in [0.15, 0.2) is 6.20 Å². The van der Waals surface area contributed by atoms with E-state index in [0.29, 0.717) is 6.42 Å². The largest absolute Gasteiger partial charge is 0.302 e. The third-order valence-corrected chi connectivity index (χ3v) is 1.83. The maximum absolute atomic E-state index is 9.88. The van der Waals surface area contributed by atoms with E-state index in [4.69, 9.17) is 0 Å². The Labute approximate surface area is 69.3 Å². The van der Waals surface area contributed by atoms with Gasteiger partial charge in [0.15, 0.2) is 5.01 Å². The molecule has 0 N–H and O–H groups in total. The summed E-state index contributed by atoms with van der Waals surface area (Å²) in [5.74, 6) is 5.49. The molecule has 0 saturated heterocycles. The van der Waals surface area contributed by atoms with E-state index in [-0.39, 0.29) is 0 Å². The van der Waals surface area contributed by atoms with Crippen molar-refractivity contribution in [3.63, 3.8) is 0 Å². The van der Waals surface area contributed by atoms with Crippen LogP contribution in [-0.4, -0.2) is 11.3 Å². The summed E-state index contributed by atoms with van der Waals surface area (Å²) in [5.41, 5.74) is 0. The van der Waals surface area contributed by atoms with Gasteiger partial charge in [0.1, 0.15) is 6.29 Å². The van der Waals surface area contributed by atoms with Gasteiger partial charge in [0.05, 0.1) is 6.42 Å². The van der Waals surface area contributed by atoms with Gasteiger partial charge in [-0.3, -0.25) is 0 Å². The molecule has 1 aromatic heterocycles. The van der Waals surface area contributed by atoms with Crippen LogP contribution in [0.25, 0.3) is 0 Å². The molecular weight excluding hydrogens is 158 g/mol. The van der Waals surface area contributed by atoms with Crippen molar-refractivity contribution in [2.75, 3.05) is 0 Å². The second kappa shape index (κ2) is 3.89. The number of carbonyl (C=O) groups excluding carboxylic acids is 1. The van der Waals surface area contributed by atoms with E-state index >= 15 is 0 Å². The molecule has 3 heteroatoms. The lowest BCUT2D eigenvalue weighted by molar-refractivity contribution is -0.107. The third-order valence-electron chi connectivity index (χ3n) is 1.00. The van der Waals surface area contributed by atoms with Crippen LogP contribution in [0, 0.1) is 18.8 Å². The monoisotopic (exact) mass is 165 g/mol. The van der Waals surface area contributed by atoms with Gasteiger partial charge in [0, 0.05) is 11.1 Å². The zero-order valence-corrected chi connectivity index (χ0v) is 6.94. The Morgan fingerprint density at radius 2 is 2.64 bits per heavy atom. The average Bonchev–Trinajstić information content (AvgIpc) is 2.37. The molecule has 0 atom stereocenters. The highest BCUT2D eigenvalue weighted by atomic mass is 32.1. The van der Waals surface area contributed by atoms with E-state index in [1.807, 2.05) is 6.92 Å². The Hall–Kier alpha value is -1.14. The van der Waals surface area contributed by atoms with E-state index in [1.54, 1.807) is 6.20 Å². The molecule has 11 heavy (non-hydrogen) atoms. The van der Waals surface area contributed by atoms with Crippen LogP contribution in [0.1, 0.15) is 16.3 Å². The first kappa shape index (κ1) is 7.96. The van der Waals surface area contributed by atoms with Crippen LogP contribution in [0.5, 0.6) is 0 Å². The number of aldehydes is 1. The Morgan fingerprint density at radius 1 is 1.82 bits per heavy atom. The van der Waals surface area contributed by atoms with Crippen molar-refractivity contribution in [2.45, 2.75) is 13.3 Å². The average molecular weight is 165 g/mol. The fourth-order valence-electron chi connectivity index (χ4n) is 0.581. The van der Waals surface area contributed by atoms with E-state index in [1.165, 1.54) is 11.3 Å². The fourth-order valence-corrected chi connectivity index (χ4v) is 1.22. The topological polar surface area (TPSA) is 30.0 Å². The van der Waals surface area contributed by atoms with Crippen molar-refractivity contribution in [3.05, 3.63) is 16.1 Å². The quantitative estimate of drug-likeness (QED) is 0.465. The molecule has 0 bridgehead atoms. The summed E-state index contributed by atoms with van der Waals surface area (Å²) in [5, 5.41) is 0.782. The molecule has 1 aromatic rings. The molecule has 0 aliphatic carbocycles. The zero-order valence-electron chi connectivity index (χ0n) is 6.13. The van der Waals surface area contributed by atoms with Crippen molar-refractivity contribution in [3.8, 4) is 11.8 Å². The summed E-state index contributed by atoms with van der Waals surface area (Å²) >= 11 is 1.54. The molecule has 0 spiro atoms. The summed E-state index contributed by atoms with van der Waals surface area (Å²) in [6.07, 6.45) is 2.85. The first-order chi connectivity index (χ1) is 5.33. The van der Waals surface area contributed by atoms with Crippen LogP contribution >= 0.6 is 11.3 Å². The van der Waals surface area contributed by atoms with E-state index in [0.717, 1.165) is 16.2 Å². The van der Waals surface area contributed by atoms with Gasteiger partial charge in [-0.15, -0.1) is 11.3 Å². The first-order valence-electron chi connectivity index (χ1n) is 3.18. The fraction of sp³-hybridized carbons (Fsp3) is 0.250. The molecule has 2 nitrogen and oxygen atoms in total. The second-order valence-electron chi connectivity index (χ2n) is 1.95. The van der Waals surface area contributed by atoms with Gasteiger partial charge in [-0.05, 0) is 12.8 Å². The van der Waals surface area contributed by atoms with Gasteiger partial charge in [-0.2, -0.15) is 0 Å². The maximum atomic E-state index is 9.88. The number of aromatic nitrogens is 1. The summed E-state index contributed by atoms with van der Waals surface area (Å²) in [6, 6.07) is 0. The zero-order chi connectivity index (χ0) is 8.10. The summed E-state index contributed by atoms with van der Waals surface area (Å²) in [4.78, 5) is 15.0. The molecule has 0 aromatic carbocycles. The molecule has 0 amide bonds. The van der Waals surface area contributed by atoms with Gasteiger partial charge in [-0.25, -0.2) is 4.98 Å². The third kappa shape index (κ3) is 2.52. The van der Waals surface area contributed by atoms with E-state index in [2.05, 4.69) is 16.8 Å². The van der Waals surface area contributed by atoms with Crippen LogP contribution in [0.4, 0.5) is 0 Å². The summed E-state index contributed by atoms with van der Waals surface area (Å²) < 4.78 is 0. The van der Waals surface area contributed by atoms with Crippen molar-refractivity contribution >= 4 is 17.6 Å². The summed E-state index contributed by atoms with van der Waals surface area (Å²) in [6.45, 7) is 1.97. The predicted molar refractivity (Wildman–Crippen MR) is 44.4 cm³/mol. The molecule has 0 radical (unpaired) electrons. The molecule has 0 saturated carbocycles. The number of rotatable bonds is 1. The molecule has 0 aliphatic heterocycles. The highest BCUT2D eigenvalue weighted by Gasteiger charge is 1.90. The normalized spacial score (nSPS) is 8.45. The number of aryl methyl sites for hydroxylation is 1. The Bertz CT molecular complexity index is 305. The lowest BCUT2D eigenvalue weighted by atomic mass is 10.5.